The van der Waals surface area contributed by atoms with Gasteiger partial charge in [-0.05, 0) is 48.1 Å². The van der Waals surface area contributed by atoms with Crippen LogP contribution in [0.15, 0.2) is 48.5 Å². The van der Waals surface area contributed by atoms with Crippen molar-refractivity contribution < 1.29 is 0 Å². The molecule has 0 radical (unpaired) electrons. The lowest BCUT2D eigenvalue weighted by molar-refractivity contribution is 0.600. The first-order valence-electron chi connectivity index (χ1n) is 8.62. The van der Waals surface area contributed by atoms with Crippen molar-refractivity contribution in [1.29, 1.82) is 0 Å². The second-order valence-corrected chi connectivity index (χ2v) is 7.20. The Morgan fingerprint density at radius 1 is 0.913 bits per heavy atom. The monoisotopic (exact) mass is 326 g/mol. The molecule has 0 bridgehead atoms. The van der Waals surface area contributed by atoms with Gasteiger partial charge >= 0.3 is 0 Å². The zero-order chi connectivity index (χ0) is 15.6. The lowest BCUT2D eigenvalue weighted by Crippen LogP contribution is -2.30. The van der Waals surface area contributed by atoms with Gasteiger partial charge in [-0.15, -0.1) is 0 Å². The molecule has 0 spiro atoms. The predicted octanol–water partition coefficient (Wildman–Crippen LogP) is 4.20. The molecule has 2 N–H and O–H groups in total. The summed E-state index contributed by atoms with van der Waals surface area (Å²) >= 11 is 6.08. The maximum absolute atomic E-state index is 6.08. The molecule has 2 aromatic carbocycles. The van der Waals surface area contributed by atoms with Crippen LogP contribution in [0.25, 0.3) is 11.1 Å². The Labute approximate surface area is 143 Å². The number of rotatable bonds is 7. The van der Waals surface area contributed by atoms with Gasteiger partial charge in [-0.3, -0.25) is 0 Å². The van der Waals surface area contributed by atoms with Crippen molar-refractivity contribution in [3.8, 4) is 11.1 Å². The molecular formula is C20H23ClN2. The maximum atomic E-state index is 6.08. The zero-order valence-electron chi connectivity index (χ0n) is 13.3. The molecule has 2 nitrogen and oxygen atoms in total. The Balaban J connectivity index is 1.30. The van der Waals surface area contributed by atoms with Gasteiger partial charge < -0.3 is 10.6 Å². The van der Waals surface area contributed by atoms with Gasteiger partial charge in [0.1, 0.15) is 0 Å². The van der Waals surface area contributed by atoms with E-state index in [1.165, 1.54) is 36.0 Å². The molecule has 1 unspecified atom stereocenters. The summed E-state index contributed by atoms with van der Waals surface area (Å²) in [5.74, 6) is 0.685. The first-order chi connectivity index (χ1) is 11.3. The third-order valence-electron chi connectivity index (χ3n) is 4.83. The summed E-state index contributed by atoms with van der Waals surface area (Å²) in [7, 11) is 0. The highest BCUT2D eigenvalue weighted by Crippen LogP contribution is 2.41. The van der Waals surface area contributed by atoms with E-state index in [1.807, 2.05) is 18.2 Å². The molecule has 2 aromatic rings. The van der Waals surface area contributed by atoms with Crippen LogP contribution in [0.5, 0.6) is 0 Å². The summed E-state index contributed by atoms with van der Waals surface area (Å²) in [4.78, 5) is 0. The van der Waals surface area contributed by atoms with Gasteiger partial charge in [-0.1, -0.05) is 48.0 Å². The van der Waals surface area contributed by atoms with Gasteiger partial charge in [0.15, 0.2) is 0 Å². The van der Waals surface area contributed by atoms with Crippen LogP contribution in [0.1, 0.15) is 30.7 Å². The summed E-state index contributed by atoms with van der Waals surface area (Å²) in [5.41, 5.74) is 3.86. The van der Waals surface area contributed by atoms with Crippen LogP contribution in [0.2, 0.25) is 5.02 Å². The topological polar surface area (TPSA) is 24.1 Å². The minimum Gasteiger partial charge on any atom is -0.313 e. The van der Waals surface area contributed by atoms with Crippen LogP contribution < -0.4 is 10.6 Å². The van der Waals surface area contributed by atoms with E-state index in [2.05, 4.69) is 41.0 Å². The van der Waals surface area contributed by atoms with Crippen molar-refractivity contribution in [2.45, 2.75) is 37.3 Å². The molecule has 0 saturated heterocycles. The van der Waals surface area contributed by atoms with Crippen molar-refractivity contribution in [3.63, 3.8) is 0 Å². The summed E-state index contributed by atoms with van der Waals surface area (Å²) in [6, 6.07) is 18.5. The third kappa shape index (κ3) is 3.95. The van der Waals surface area contributed by atoms with Crippen molar-refractivity contribution in [1.82, 2.24) is 10.6 Å². The van der Waals surface area contributed by atoms with Gasteiger partial charge in [-0.25, -0.2) is 0 Å². The fraction of sp³-hybridized carbons (Fsp3) is 0.400. The van der Waals surface area contributed by atoms with E-state index in [0.717, 1.165) is 24.2 Å². The van der Waals surface area contributed by atoms with E-state index in [4.69, 9.17) is 11.6 Å². The molecule has 0 aliphatic heterocycles. The minimum absolute atomic E-state index is 0.660. The van der Waals surface area contributed by atoms with Gasteiger partial charge in [0.05, 0.1) is 0 Å². The Hall–Kier alpha value is -1.35. The van der Waals surface area contributed by atoms with Crippen LogP contribution in [0.3, 0.4) is 0 Å². The highest BCUT2D eigenvalue weighted by Gasteiger charge is 2.37. The molecule has 4 rings (SSSR count). The van der Waals surface area contributed by atoms with Crippen molar-refractivity contribution in [2.24, 2.45) is 0 Å². The Bertz CT molecular complexity index is 664. The van der Waals surface area contributed by atoms with Crippen LogP contribution in [-0.4, -0.2) is 25.2 Å². The molecule has 0 aromatic heterocycles. The number of hydrogen-bond donors (Lipinski definition) is 2. The minimum atomic E-state index is 0.660. The van der Waals surface area contributed by atoms with E-state index in [1.54, 1.807) is 0 Å². The number of hydrogen-bond acceptors (Lipinski definition) is 2. The molecule has 0 amide bonds. The first kappa shape index (κ1) is 15.2. The van der Waals surface area contributed by atoms with Gasteiger partial charge in [-0.2, -0.15) is 0 Å². The lowest BCUT2D eigenvalue weighted by Gasteiger charge is -2.07. The van der Waals surface area contributed by atoms with Crippen LogP contribution >= 0.6 is 11.6 Å². The third-order valence-corrected chi connectivity index (χ3v) is 5.06. The molecule has 2 atom stereocenters. The van der Waals surface area contributed by atoms with E-state index in [-0.39, 0.29) is 0 Å². The smallest absolute Gasteiger partial charge is 0.0412 e. The standard InChI is InChI=1S/C20H23ClN2/c21-17-3-1-2-16(12-17)14-4-6-15(7-5-14)19-13-20(19)23-11-10-22-18-8-9-18/h1-7,12,18-20,22-23H,8-11,13H2/t19?,20-/m0/s1. The van der Waals surface area contributed by atoms with Crippen LogP contribution in [0.4, 0.5) is 0 Å². The normalized spacial score (nSPS) is 23.0. The van der Waals surface area contributed by atoms with Gasteiger partial charge in [0, 0.05) is 36.1 Å². The van der Waals surface area contributed by atoms with Crippen LogP contribution in [-0.2, 0) is 0 Å². The summed E-state index contributed by atoms with van der Waals surface area (Å²) in [5, 5.41) is 8.00. The molecule has 23 heavy (non-hydrogen) atoms. The summed E-state index contributed by atoms with van der Waals surface area (Å²) < 4.78 is 0. The van der Waals surface area contributed by atoms with E-state index in [0.29, 0.717) is 12.0 Å². The zero-order valence-corrected chi connectivity index (χ0v) is 14.0. The first-order valence-corrected chi connectivity index (χ1v) is 9.00. The van der Waals surface area contributed by atoms with Crippen LogP contribution in [0, 0.1) is 0 Å². The molecule has 120 valence electrons. The maximum Gasteiger partial charge on any atom is 0.0412 e. The number of benzene rings is 2. The van der Waals surface area contributed by atoms with Gasteiger partial charge in [0.2, 0.25) is 0 Å². The number of halogens is 1. The predicted molar refractivity (Wildman–Crippen MR) is 97.1 cm³/mol. The molecule has 2 saturated carbocycles. The van der Waals surface area contributed by atoms with E-state index in [9.17, 15) is 0 Å². The Morgan fingerprint density at radius 2 is 1.70 bits per heavy atom. The SMILES string of the molecule is Clc1cccc(-c2ccc(C3C[C@@H]3NCCNC3CC3)cc2)c1. The summed E-state index contributed by atoms with van der Waals surface area (Å²) in [6.45, 7) is 2.18. The quantitative estimate of drug-likeness (QED) is 0.745. The van der Waals surface area contributed by atoms with Crippen molar-refractivity contribution >= 4 is 11.6 Å². The largest absolute Gasteiger partial charge is 0.313 e. The highest BCUT2D eigenvalue weighted by molar-refractivity contribution is 6.30. The average molecular weight is 327 g/mol. The molecule has 2 aliphatic carbocycles. The highest BCUT2D eigenvalue weighted by atomic mass is 35.5. The van der Waals surface area contributed by atoms with Gasteiger partial charge in [0.25, 0.3) is 0 Å². The second-order valence-electron chi connectivity index (χ2n) is 6.76. The molecule has 3 heteroatoms. The summed E-state index contributed by atoms with van der Waals surface area (Å²) in [6.07, 6.45) is 4.00. The molecule has 2 aliphatic rings. The lowest BCUT2D eigenvalue weighted by atomic mass is 10.0. The molecule has 0 heterocycles. The average Bonchev–Trinajstić information content (AvgIpc) is 3.47. The fourth-order valence-electron chi connectivity index (χ4n) is 3.20. The number of nitrogens with one attached hydrogen (secondary N) is 2. The molecular weight excluding hydrogens is 304 g/mol. The van der Waals surface area contributed by atoms with Crippen molar-refractivity contribution in [3.05, 3.63) is 59.1 Å². The Kier molecular flexibility index (Phi) is 4.39. The van der Waals surface area contributed by atoms with Crippen molar-refractivity contribution in [2.75, 3.05) is 13.1 Å². The van der Waals surface area contributed by atoms with E-state index < -0.39 is 0 Å². The molecule has 2 fully saturated rings. The van der Waals surface area contributed by atoms with E-state index >= 15 is 0 Å². The second kappa shape index (κ2) is 6.64. The fourth-order valence-corrected chi connectivity index (χ4v) is 3.39. The Morgan fingerprint density at radius 3 is 2.43 bits per heavy atom.